The van der Waals surface area contributed by atoms with E-state index in [-0.39, 0.29) is 11.9 Å². The summed E-state index contributed by atoms with van der Waals surface area (Å²) < 4.78 is 38.5. The molecule has 2 aliphatic heterocycles. The van der Waals surface area contributed by atoms with Crippen molar-refractivity contribution in [1.29, 1.82) is 0 Å². The molecule has 0 aliphatic carbocycles. The van der Waals surface area contributed by atoms with Crippen LogP contribution in [0.3, 0.4) is 0 Å². The van der Waals surface area contributed by atoms with Gasteiger partial charge in [0.2, 0.25) is 0 Å². The average molecular weight is 398 g/mol. The highest BCUT2D eigenvalue weighted by atomic mass is 32.2. The van der Waals surface area contributed by atoms with E-state index in [0.29, 0.717) is 21.9 Å². The number of thiophene rings is 1. The summed E-state index contributed by atoms with van der Waals surface area (Å²) in [7, 11) is 0. The molecule has 2 fully saturated rings. The maximum absolute atomic E-state index is 12.7. The highest BCUT2D eigenvalue weighted by Gasteiger charge is 2.39. The van der Waals surface area contributed by atoms with Crippen LogP contribution in [0.15, 0.2) is 44.8 Å². The van der Waals surface area contributed by atoms with Crippen molar-refractivity contribution in [2.24, 2.45) is 0 Å². The van der Waals surface area contributed by atoms with Crippen LogP contribution in [0.2, 0.25) is 0 Å². The van der Waals surface area contributed by atoms with Crippen molar-refractivity contribution in [3.05, 3.63) is 46.8 Å². The molecule has 2 aromatic rings. The fraction of sp³-hybridized carbons (Fsp3) is 0.389. The van der Waals surface area contributed by atoms with E-state index in [0.717, 1.165) is 40.5 Å². The molecule has 3 nitrogen and oxygen atoms in total. The molecule has 3 atom stereocenters. The van der Waals surface area contributed by atoms with E-state index >= 15 is 0 Å². The van der Waals surface area contributed by atoms with Gasteiger partial charge in [0.15, 0.2) is 0 Å². The van der Waals surface area contributed by atoms with Crippen molar-refractivity contribution in [2.45, 2.75) is 52.7 Å². The van der Waals surface area contributed by atoms with Crippen LogP contribution in [0.1, 0.15) is 35.2 Å². The lowest BCUT2D eigenvalue weighted by Crippen LogP contribution is -2.42. The van der Waals surface area contributed by atoms with Crippen LogP contribution >= 0.6 is 23.1 Å². The molecule has 26 heavy (non-hydrogen) atoms. The Morgan fingerprint density at radius 1 is 1.23 bits per heavy atom. The largest absolute Gasteiger partial charge is 0.417 e. The molecule has 0 unspecified atom stereocenters. The second-order valence-corrected chi connectivity index (χ2v) is 8.93. The Kier molecular flexibility index (Phi) is 4.75. The van der Waals surface area contributed by atoms with Crippen molar-refractivity contribution in [3.8, 4) is 0 Å². The summed E-state index contributed by atoms with van der Waals surface area (Å²) in [5.74, 6) is -0.101. The summed E-state index contributed by atoms with van der Waals surface area (Å²) in [6, 6.07) is 9.21. The van der Waals surface area contributed by atoms with E-state index in [4.69, 9.17) is 0 Å². The molecule has 1 aromatic heterocycles. The first-order valence-electron chi connectivity index (χ1n) is 8.39. The second kappa shape index (κ2) is 6.90. The summed E-state index contributed by atoms with van der Waals surface area (Å²) in [4.78, 5) is 13.2. The average Bonchev–Trinajstić information content (AvgIpc) is 3.31. The third kappa shape index (κ3) is 3.77. The Morgan fingerprint density at radius 2 is 2.00 bits per heavy atom. The lowest BCUT2D eigenvalue weighted by molar-refractivity contribution is -0.137. The quantitative estimate of drug-likeness (QED) is 0.795. The van der Waals surface area contributed by atoms with Gasteiger partial charge in [-0.1, -0.05) is 11.8 Å². The Labute approximate surface area is 157 Å². The molecule has 4 rings (SSSR count). The summed E-state index contributed by atoms with van der Waals surface area (Å²) in [5, 5.41) is 7.69. The van der Waals surface area contributed by atoms with Crippen molar-refractivity contribution in [3.63, 3.8) is 0 Å². The van der Waals surface area contributed by atoms with Gasteiger partial charge in [0, 0.05) is 34.0 Å². The van der Waals surface area contributed by atoms with Crippen LogP contribution in [-0.4, -0.2) is 24.0 Å². The predicted molar refractivity (Wildman–Crippen MR) is 95.7 cm³/mol. The van der Waals surface area contributed by atoms with Crippen LogP contribution in [0.25, 0.3) is 0 Å². The van der Waals surface area contributed by atoms with Gasteiger partial charge in [0.05, 0.1) is 9.77 Å². The van der Waals surface area contributed by atoms with Gasteiger partial charge in [-0.05, 0) is 49.6 Å². The smallest absolute Gasteiger partial charge is 0.348 e. The Morgan fingerprint density at radius 3 is 2.58 bits per heavy atom. The number of rotatable bonds is 4. The lowest BCUT2D eigenvalue weighted by Gasteiger charge is -2.21. The van der Waals surface area contributed by atoms with Crippen LogP contribution in [0.5, 0.6) is 0 Å². The number of hydrogen-bond donors (Lipinski definition) is 2. The van der Waals surface area contributed by atoms with Gasteiger partial charge in [-0.25, -0.2) is 0 Å². The SMILES string of the molecule is O=C(N[C@@H]1C[C@H]2CC[C@@H]1N2)c1ccc(Sc2cc(C(F)(F)F)cs2)cc1. The number of amides is 1. The van der Waals surface area contributed by atoms with Gasteiger partial charge in [-0.3, -0.25) is 4.79 Å². The second-order valence-electron chi connectivity index (χ2n) is 6.64. The molecule has 0 radical (unpaired) electrons. The summed E-state index contributed by atoms with van der Waals surface area (Å²) in [6.07, 6.45) is -1.05. The minimum Gasteiger partial charge on any atom is -0.348 e. The van der Waals surface area contributed by atoms with Gasteiger partial charge < -0.3 is 10.6 Å². The zero-order chi connectivity index (χ0) is 18.3. The number of alkyl halides is 3. The topological polar surface area (TPSA) is 41.1 Å². The van der Waals surface area contributed by atoms with Crippen LogP contribution < -0.4 is 10.6 Å². The van der Waals surface area contributed by atoms with Crippen molar-refractivity contribution < 1.29 is 18.0 Å². The Hall–Kier alpha value is -1.51. The molecular formula is C18H17F3N2OS2. The molecule has 2 N–H and O–H groups in total. The minimum absolute atomic E-state index is 0.101. The van der Waals surface area contributed by atoms with E-state index in [1.54, 1.807) is 24.3 Å². The molecule has 138 valence electrons. The van der Waals surface area contributed by atoms with E-state index < -0.39 is 11.7 Å². The normalized spacial score (nSPS) is 24.8. The number of benzene rings is 1. The van der Waals surface area contributed by atoms with E-state index in [1.165, 1.54) is 18.2 Å². The van der Waals surface area contributed by atoms with E-state index in [2.05, 4.69) is 10.6 Å². The van der Waals surface area contributed by atoms with Crippen molar-refractivity contribution >= 4 is 29.0 Å². The highest BCUT2D eigenvalue weighted by molar-refractivity contribution is 8.01. The number of nitrogens with one attached hydrogen (secondary N) is 2. The minimum atomic E-state index is -4.31. The molecular weight excluding hydrogens is 381 g/mol. The maximum Gasteiger partial charge on any atom is 0.417 e. The number of carbonyl (C=O) groups is 1. The monoisotopic (exact) mass is 398 g/mol. The molecule has 1 aromatic carbocycles. The van der Waals surface area contributed by atoms with Crippen molar-refractivity contribution in [1.82, 2.24) is 10.6 Å². The molecule has 2 saturated heterocycles. The van der Waals surface area contributed by atoms with E-state index in [1.807, 2.05) is 0 Å². The fourth-order valence-electron chi connectivity index (χ4n) is 3.54. The van der Waals surface area contributed by atoms with Crippen LogP contribution in [0.4, 0.5) is 13.2 Å². The Bertz CT molecular complexity index is 804. The lowest BCUT2D eigenvalue weighted by atomic mass is 9.95. The van der Waals surface area contributed by atoms with Gasteiger partial charge in [-0.15, -0.1) is 11.3 Å². The molecule has 8 heteroatoms. The summed E-state index contributed by atoms with van der Waals surface area (Å²) in [6.45, 7) is 0. The molecule has 0 spiro atoms. The highest BCUT2D eigenvalue weighted by Crippen LogP contribution is 2.38. The summed E-state index contributed by atoms with van der Waals surface area (Å²) in [5.41, 5.74) is -0.0558. The number of halogens is 3. The first-order chi connectivity index (χ1) is 12.4. The third-order valence-electron chi connectivity index (χ3n) is 4.85. The van der Waals surface area contributed by atoms with Crippen molar-refractivity contribution in [2.75, 3.05) is 0 Å². The first kappa shape index (κ1) is 17.9. The fourth-order valence-corrected chi connectivity index (χ4v) is 5.50. The molecule has 2 bridgehead atoms. The standard InChI is InChI=1S/C18H17F3N2OS2/c19-18(20,21)11-7-16(25-9-11)26-13-4-1-10(2-5-13)17(24)23-15-8-12-3-6-14(15)22-12/h1-2,4-5,7,9,12,14-15,22H,3,6,8H2,(H,23,24)/t12-,14+,15-/m1/s1. The first-order valence-corrected chi connectivity index (χ1v) is 10.1. The van der Waals surface area contributed by atoms with Crippen LogP contribution in [-0.2, 0) is 6.18 Å². The Balaban J connectivity index is 1.37. The number of fused-ring (bicyclic) bond motifs is 2. The molecule has 1 amide bonds. The third-order valence-corrected chi connectivity index (χ3v) is 6.94. The molecule has 2 aliphatic rings. The summed E-state index contributed by atoms with van der Waals surface area (Å²) >= 11 is 2.33. The van der Waals surface area contributed by atoms with Gasteiger partial charge >= 0.3 is 6.18 Å². The maximum atomic E-state index is 12.7. The predicted octanol–water partition coefficient (Wildman–Crippen LogP) is 4.54. The van der Waals surface area contributed by atoms with Gasteiger partial charge in [-0.2, -0.15) is 13.2 Å². The number of carbonyl (C=O) groups excluding carboxylic acids is 1. The molecule has 3 heterocycles. The van der Waals surface area contributed by atoms with Gasteiger partial charge in [0.25, 0.3) is 5.91 Å². The van der Waals surface area contributed by atoms with E-state index in [9.17, 15) is 18.0 Å². The van der Waals surface area contributed by atoms with Crippen LogP contribution in [0, 0.1) is 0 Å². The zero-order valence-corrected chi connectivity index (χ0v) is 15.3. The number of hydrogen-bond acceptors (Lipinski definition) is 4. The van der Waals surface area contributed by atoms with Gasteiger partial charge in [0.1, 0.15) is 0 Å². The zero-order valence-electron chi connectivity index (χ0n) is 13.7. The molecule has 0 saturated carbocycles.